The van der Waals surface area contributed by atoms with Crippen LogP contribution in [0.15, 0.2) is 48.8 Å². The van der Waals surface area contributed by atoms with Crippen LogP contribution in [0, 0.1) is 11.3 Å². The summed E-state index contributed by atoms with van der Waals surface area (Å²) in [6.07, 6.45) is 7.32. The number of allylic oxidation sites excluding steroid dienone is 3. The molecule has 8 heteroatoms. The Hall–Kier alpha value is -3.31. The summed E-state index contributed by atoms with van der Waals surface area (Å²) >= 11 is 1.34. The maximum absolute atomic E-state index is 12.5. The SMILES string of the molecule is C=C/C=C(/C=C/C(=O)Nc1sc2c(c1C#N)CCC(OC(=O)NCC)C2)C(=C)OCC. The van der Waals surface area contributed by atoms with Gasteiger partial charge in [-0.15, -0.1) is 11.3 Å². The number of nitrogens with zero attached hydrogens (tertiary/aromatic N) is 1. The number of carbonyl (C=O) groups excluding carboxylic acids is 2. The lowest BCUT2D eigenvalue weighted by molar-refractivity contribution is -0.111. The lowest BCUT2D eigenvalue weighted by atomic mass is 9.94. The molecule has 1 heterocycles. The monoisotopic (exact) mass is 441 g/mol. The number of thiophene rings is 1. The third-order valence-electron chi connectivity index (χ3n) is 4.52. The summed E-state index contributed by atoms with van der Waals surface area (Å²) < 4.78 is 10.8. The number of hydrogen-bond acceptors (Lipinski definition) is 6. The Bertz CT molecular complexity index is 953. The van der Waals surface area contributed by atoms with Crippen LogP contribution in [0.5, 0.6) is 0 Å². The average molecular weight is 442 g/mol. The van der Waals surface area contributed by atoms with E-state index in [4.69, 9.17) is 9.47 Å². The second-order valence-electron chi connectivity index (χ2n) is 6.66. The maximum atomic E-state index is 12.5. The molecule has 7 nitrogen and oxygen atoms in total. The first-order valence-electron chi connectivity index (χ1n) is 10.1. The molecule has 1 aliphatic carbocycles. The normalized spacial score (nSPS) is 15.5. The molecule has 164 valence electrons. The molecule has 2 rings (SSSR count). The molecule has 0 saturated heterocycles. The van der Waals surface area contributed by atoms with Crippen LogP contribution >= 0.6 is 11.3 Å². The van der Waals surface area contributed by atoms with E-state index >= 15 is 0 Å². The molecule has 2 N–H and O–H groups in total. The van der Waals surface area contributed by atoms with Crippen LogP contribution in [0.25, 0.3) is 0 Å². The Morgan fingerprint density at radius 2 is 2.13 bits per heavy atom. The summed E-state index contributed by atoms with van der Waals surface area (Å²) in [5, 5.41) is 15.5. The zero-order valence-corrected chi connectivity index (χ0v) is 18.6. The van der Waals surface area contributed by atoms with E-state index in [0.717, 1.165) is 10.4 Å². The minimum Gasteiger partial charge on any atom is -0.494 e. The average Bonchev–Trinajstić information content (AvgIpc) is 3.07. The molecule has 0 fully saturated rings. The third kappa shape index (κ3) is 6.59. The first kappa shape index (κ1) is 24.0. The van der Waals surface area contributed by atoms with Gasteiger partial charge in [0.2, 0.25) is 5.91 Å². The van der Waals surface area contributed by atoms with Gasteiger partial charge in [-0.05, 0) is 38.3 Å². The van der Waals surface area contributed by atoms with Crippen LogP contribution in [-0.4, -0.2) is 31.3 Å². The lowest BCUT2D eigenvalue weighted by Crippen LogP contribution is -2.31. The molecule has 0 aromatic carbocycles. The standard InChI is InChI=1S/C23H27N3O4S/c1-5-8-16(15(4)29-7-3)9-12-21(27)26-22-19(14-24)18-11-10-17(13-20(18)31-22)30-23(28)25-6-2/h5,8-9,12,17H,1,4,6-7,10-11,13H2,2-3H3,(H,25,28)(H,26,27)/b12-9+,16-8-. The van der Waals surface area contributed by atoms with E-state index in [2.05, 4.69) is 29.9 Å². The van der Waals surface area contributed by atoms with Gasteiger partial charge in [-0.2, -0.15) is 5.26 Å². The fourth-order valence-electron chi connectivity index (χ4n) is 3.14. The van der Waals surface area contributed by atoms with E-state index in [1.54, 1.807) is 18.2 Å². The number of rotatable bonds is 9. The number of carbonyl (C=O) groups is 2. The minimum absolute atomic E-state index is 0.246. The molecular formula is C23H27N3O4S. The fraction of sp³-hybridized carbons (Fsp3) is 0.348. The maximum Gasteiger partial charge on any atom is 0.407 e. The van der Waals surface area contributed by atoms with E-state index in [-0.39, 0.29) is 12.0 Å². The fourth-order valence-corrected chi connectivity index (χ4v) is 4.41. The number of hydrogen-bond donors (Lipinski definition) is 2. The molecule has 2 amide bonds. The van der Waals surface area contributed by atoms with Crippen molar-refractivity contribution < 1.29 is 19.1 Å². The summed E-state index contributed by atoms with van der Waals surface area (Å²) in [5.41, 5.74) is 2.02. The molecule has 31 heavy (non-hydrogen) atoms. The van der Waals surface area contributed by atoms with Crippen molar-refractivity contribution in [3.05, 3.63) is 64.8 Å². The number of amides is 2. The van der Waals surface area contributed by atoms with E-state index in [1.165, 1.54) is 17.4 Å². The van der Waals surface area contributed by atoms with Crippen LogP contribution in [-0.2, 0) is 27.1 Å². The molecule has 0 spiro atoms. The number of ether oxygens (including phenoxy) is 2. The van der Waals surface area contributed by atoms with Gasteiger partial charge in [0.15, 0.2) is 0 Å². The summed E-state index contributed by atoms with van der Waals surface area (Å²) in [7, 11) is 0. The van der Waals surface area contributed by atoms with Gasteiger partial charge in [0.1, 0.15) is 22.9 Å². The predicted molar refractivity (Wildman–Crippen MR) is 122 cm³/mol. The first-order valence-corrected chi connectivity index (χ1v) is 10.9. The van der Waals surface area contributed by atoms with Crippen LogP contribution in [0.2, 0.25) is 0 Å². The quantitative estimate of drug-likeness (QED) is 0.336. The Morgan fingerprint density at radius 1 is 1.35 bits per heavy atom. The van der Waals surface area contributed by atoms with E-state index in [0.29, 0.717) is 54.3 Å². The van der Waals surface area contributed by atoms with Crippen molar-refractivity contribution in [3.8, 4) is 6.07 Å². The number of nitrogens with one attached hydrogen (secondary N) is 2. The molecule has 1 aromatic rings. The highest BCUT2D eigenvalue weighted by molar-refractivity contribution is 7.16. The van der Waals surface area contributed by atoms with Gasteiger partial charge >= 0.3 is 6.09 Å². The summed E-state index contributed by atoms with van der Waals surface area (Å²) in [6.45, 7) is 12.1. The van der Waals surface area contributed by atoms with Crippen molar-refractivity contribution in [2.45, 2.75) is 39.2 Å². The highest BCUT2D eigenvalue weighted by Gasteiger charge is 2.28. The summed E-state index contributed by atoms with van der Waals surface area (Å²) in [4.78, 5) is 25.1. The minimum atomic E-state index is -0.441. The molecule has 1 aromatic heterocycles. The Morgan fingerprint density at radius 3 is 2.77 bits per heavy atom. The molecular weight excluding hydrogens is 414 g/mol. The van der Waals surface area contributed by atoms with E-state index in [9.17, 15) is 14.9 Å². The van der Waals surface area contributed by atoms with Crippen molar-refractivity contribution in [2.75, 3.05) is 18.5 Å². The van der Waals surface area contributed by atoms with Gasteiger partial charge < -0.3 is 20.1 Å². The third-order valence-corrected chi connectivity index (χ3v) is 5.69. The topological polar surface area (TPSA) is 100 Å². The van der Waals surface area contributed by atoms with Gasteiger partial charge in [0.05, 0.1) is 12.2 Å². The van der Waals surface area contributed by atoms with Crippen LogP contribution < -0.4 is 10.6 Å². The van der Waals surface area contributed by atoms with Crippen molar-refractivity contribution in [3.63, 3.8) is 0 Å². The highest BCUT2D eigenvalue weighted by Crippen LogP contribution is 2.38. The van der Waals surface area contributed by atoms with Gasteiger partial charge in [0, 0.05) is 29.5 Å². The Kier molecular flexibility index (Phi) is 9.10. The lowest BCUT2D eigenvalue weighted by Gasteiger charge is -2.22. The van der Waals surface area contributed by atoms with Crippen LogP contribution in [0.1, 0.15) is 36.3 Å². The van der Waals surface area contributed by atoms with Gasteiger partial charge in [-0.25, -0.2) is 4.79 Å². The van der Waals surface area contributed by atoms with Gasteiger partial charge in [0.25, 0.3) is 0 Å². The largest absolute Gasteiger partial charge is 0.494 e. The van der Waals surface area contributed by atoms with E-state index < -0.39 is 6.09 Å². The zero-order chi connectivity index (χ0) is 22.8. The molecule has 0 saturated carbocycles. The van der Waals surface area contributed by atoms with Crippen molar-refractivity contribution in [2.24, 2.45) is 0 Å². The summed E-state index contributed by atoms with van der Waals surface area (Å²) in [5.74, 6) is 0.0679. The van der Waals surface area contributed by atoms with Crippen LogP contribution in [0.3, 0.4) is 0 Å². The molecule has 0 radical (unpaired) electrons. The van der Waals surface area contributed by atoms with Crippen molar-refractivity contribution in [1.29, 1.82) is 5.26 Å². The molecule has 1 atom stereocenters. The second-order valence-corrected chi connectivity index (χ2v) is 7.76. The number of alkyl carbamates (subject to hydrolysis) is 1. The number of fused-ring (bicyclic) bond motifs is 1. The summed E-state index contributed by atoms with van der Waals surface area (Å²) in [6, 6.07) is 2.20. The first-order chi connectivity index (χ1) is 14.9. The zero-order valence-electron chi connectivity index (χ0n) is 17.8. The molecule has 0 aliphatic heterocycles. The van der Waals surface area contributed by atoms with E-state index in [1.807, 2.05) is 13.8 Å². The molecule has 1 aliphatic rings. The molecule has 0 bridgehead atoms. The number of nitriles is 1. The smallest absolute Gasteiger partial charge is 0.407 e. The highest BCUT2D eigenvalue weighted by atomic mass is 32.1. The van der Waals surface area contributed by atoms with Crippen molar-refractivity contribution >= 4 is 28.3 Å². The van der Waals surface area contributed by atoms with Gasteiger partial charge in [-0.3, -0.25) is 4.79 Å². The Labute approximate surface area is 186 Å². The predicted octanol–water partition coefficient (Wildman–Crippen LogP) is 4.38. The molecule has 1 unspecified atom stereocenters. The van der Waals surface area contributed by atoms with Gasteiger partial charge in [-0.1, -0.05) is 25.3 Å². The van der Waals surface area contributed by atoms with Crippen LogP contribution in [0.4, 0.5) is 9.80 Å². The Balaban J connectivity index is 2.12. The number of anilines is 1. The second kappa shape index (κ2) is 11.8. The van der Waals surface area contributed by atoms with Crippen molar-refractivity contribution in [1.82, 2.24) is 5.32 Å².